The molecule has 0 spiro atoms. The van der Waals surface area contributed by atoms with Crippen molar-refractivity contribution in [1.29, 1.82) is 0 Å². The first kappa shape index (κ1) is 7.79. The van der Waals surface area contributed by atoms with Gasteiger partial charge < -0.3 is 4.42 Å². The van der Waals surface area contributed by atoms with E-state index in [4.69, 9.17) is 4.42 Å². The number of carbonyl (C=O) groups is 1. The zero-order chi connectivity index (χ0) is 8.55. The van der Waals surface area contributed by atoms with Gasteiger partial charge in [-0.1, -0.05) is 0 Å². The molecular formula is C9H5IO2. The van der Waals surface area contributed by atoms with Crippen LogP contribution in [0.25, 0.3) is 11.0 Å². The first-order chi connectivity index (χ1) is 5.81. The molecule has 2 aromatic rings. The molecule has 1 aromatic carbocycles. The summed E-state index contributed by atoms with van der Waals surface area (Å²) < 4.78 is 6.26. The minimum Gasteiger partial charge on any atom is -0.463 e. The molecule has 0 atom stereocenters. The second-order valence-electron chi connectivity index (χ2n) is 2.46. The fourth-order valence-corrected chi connectivity index (χ4v) is 1.64. The number of hydrogen-bond donors (Lipinski definition) is 0. The quantitative estimate of drug-likeness (QED) is 0.590. The van der Waals surface area contributed by atoms with Gasteiger partial charge in [-0.25, -0.2) is 0 Å². The summed E-state index contributed by atoms with van der Waals surface area (Å²) in [5.41, 5.74) is 1.51. The molecule has 2 nitrogen and oxygen atoms in total. The number of halogens is 1. The van der Waals surface area contributed by atoms with Gasteiger partial charge in [-0.15, -0.1) is 0 Å². The first-order valence-corrected chi connectivity index (χ1v) is 4.51. The number of hydrogen-bond acceptors (Lipinski definition) is 2. The van der Waals surface area contributed by atoms with Crippen LogP contribution in [0.5, 0.6) is 0 Å². The van der Waals surface area contributed by atoms with Gasteiger partial charge in [0.15, 0.2) is 0 Å². The van der Waals surface area contributed by atoms with Crippen molar-refractivity contribution in [2.75, 3.05) is 0 Å². The Morgan fingerprint density at radius 2 is 2.25 bits per heavy atom. The van der Waals surface area contributed by atoms with Gasteiger partial charge >= 0.3 is 0 Å². The average Bonchev–Trinajstić information content (AvgIpc) is 2.47. The molecule has 1 aromatic heterocycles. The second-order valence-corrected chi connectivity index (χ2v) is 3.62. The van der Waals surface area contributed by atoms with E-state index in [1.165, 1.54) is 0 Å². The topological polar surface area (TPSA) is 30.2 Å². The van der Waals surface area contributed by atoms with Gasteiger partial charge in [0.05, 0.1) is 3.57 Å². The molecule has 0 radical (unpaired) electrons. The maximum atomic E-state index is 10.5. The van der Waals surface area contributed by atoms with Crippen molar-refractivity contribution in [1.82, 2.24) is 0 Å². The van der Waals surface area contributed by atoms with Crippen molar-refractivity contribution < 1.29 is 9.21 Å². The normalized spacial score (nSPS) is 10.4. The Labute approximate surface area is 82.7 Å². The highest BCUT2D eigenvalue weighted by Crippen LogP contribution is 2.22. The number of rotatable bonds is 1. The van der Waals surface area contributed by atoms with E-state index < -0.39 is 0 Å². The van der Waals surface area contributed by atoms with E-state index in [2.05, 4.69) is 22.6 Å². The largest absolute Gasteiger partial charge is 0.463 e. The number of furan rings is 1. The van der Waals surface area contributed by atoms with Crippen LogP contribution in [0.4, 0.5) is 0 Å². The molecule has 0 aliphatic carbocycles. The molecule has 0 aliphatic heterocycles. The molecule has 1 heterocycles. The van der Waals surface area contributed by atoms with Crippen LogP contribution in [0, 0.1) is 3.57 Å². The van der Waals surface area contributed by atoms with E-state index in [9.17, 15) is 4.79 Å². The van der Waals surface area contributed by atoms with Crippen LogP contribution in [0.1, 0.15) is 10.4 Å². The molecule has 0 N–H and O–H groups in total. The van der Waals surface area contributed by atoms with Crippen LogP contribution in [-0.2, 0) is 0 Å². The molecule has 0 fully saturated rings. The Balaban J connectivity index is 2.79. The van der Waals surface area contributed by atoms with Gasteiger partial charge in [0, 0.05) is 10.9 Å². The van der Waals surface area contributed by atoms with Gasteiger partial charge in [-0.05, 0) is 40.8 Å². The van der Waals surface area contributed by atoms with E-state index in [1.54, 1.807) is 18.4 Å². The Morgan fingerprint density at radius 1 is 1.42 bits per heavy atom. The summed E-state index contributed by atoms with van der Waals surface area (Å²) in [5.74, 6) is 0. The summed E-state index contributed by atoms with van der Waals surface area (Å²) in [5, 5.41) is 1.00. The lowest BCUT2D eigenvalue weighted by Gasteiger charge is -1.89. The highest BCUT2D eigenvalue weighted by molar-refractivity contribution is 14.1. The smallest absolute Gasteiger partial charge is 0.150 e. The van der Waals surface area contributed by atoms with Gasteiger partial charge in [0.1, 0.15) is 18.1 Å². The maximum absolute atomic E-state index is 10.5. The first-order valence-electron chi connectivity index (χ1n) is 3.43. The van der Waals surface area contributed by atoms with Crippen molar-refractivity contribution in [2.45, 2.75) is 0 Å². The third-order valence-electron chi connectivity index (χ3n) is 1.69. The number of benzene rings is 1. The fraction of sp³-hybridized carbons (Fsp3) is 0. The van der Waals surface area contributed by atoms with Crippen molar-refractivity contribution >= 4 is 39.8 Å². The molecule has 0 saturated carbocycles. The van der Waals surface area contributed by atoms with E-state index in [0.717, 1.165) is 20.8 Å². The van der Waals surface area contributed by atoms with Gasteiger partial charge in [-0.2, -0.15) is 0 Å². The van der Waals surface area contributed by atoms with Crippen molar-refractivity contribution in [3.05, 3.63) is 33.6 Å². The van der Waals surface area contributed by atoms with Gasteiger partial charge in [-0.3, -0.25) is 4.79 Å². The average molecular weight is 272 g/mol. The lowest BCUT2D eigenvalue weighted by atomic mass is 10.2. The van der Waals surface area contributed by atoms with Crippen LogP contribution in [-0.4, -0.2) is 6.29 Å². The van der Waals surface area contributed by atoms with Crippen LogP contribution < -0.4 is 0 Å². The minimum absolute atomic E-state index is 0.682. The molecule has 3 heteroatoms. The number of carbonyl (C=O) groups excluding carboxylic acids is 1. The molecule has 0 bridgehead atoms. The summed E-state index contributed by atoms with van der Waals surface area (Å²) in [6, 6.07) is 5.38. The van der Waals surface area contributed by atoms with E-state index in [0.29, 0.717) is 5.56 Å². The molecule has 0 unspecified atom stereocenters. The highest BCUT2D eigenvalue weighted by Gasteiger charge is 2.02. The van der Waals surface area contributed by atoms with Crippen LogP contribution in [0.15, 0.2) is 28.9 Å². The predicted molar refractivity (Wildman–Crippen MR) is 54.3 cm³/mol. The Morgan fingerprint density at radius 3 is 3.00 bits per heavy atom. The second kappa shape index (κ2) is 2.90. The molecule has 0 saturated heterocycles. The zero-order valence-corrected chi connectivity index (χ0v) is 8.24. The van der Waals surface area contributed by atoms with Gasteiger partial charge in [0.2, 0.25) is 0 Å². The van der Waals surface area contributed by atoms with Crippen molar-refractivity contribution in [2.24, 2.45) is 0 Å². The Hall–Kier alpha value is -0.840. The van der Waals surface area contributed by atoms with E-state index in [-0.39, 0.29) is 0 Å². The highest BCUT2D eigenvalue weighted by atomic mass is 127. The molecule has 0 aliphatic rings. The minimum atomic E-state index is 0.682. The Bertz CT molecular complexity index is 431. The zero-order valence-electron chi connectivity index (χ0n) is 6.08. The summed E-state index contributed by atoms with van der Waals surface area (Å²) in [6.07, 6.45) is 2.52. The maximum Gasteiger partial charge on any atom is 0.150 e. The standard InChI is InChI=1S/C9H5IO2/c10-8-5-12-9-2-1-6(4-11)3-7(8)9/h1-5H. The molecule has 60 valence electrons. The third-order valence-corrected chi connectivity index (χ3v) is 2.52. The lowest BCUT2D eigenvalue weighted by Crippen LogP contribution is -1.77. The molecule has 2 rings (SSSR count). The van der Waals surface area contributed by atoms with Crippen LogP contribution in [0.3, 0.4) is 0 Å². The van der Waals surface area contributed by atoms with Crippen molar-refractivity contribution in [3.8, 4) is 0 Å². The number of aldehydes is 1. The fourth-order valence-electron chi connectivity index (χ4n) is 1.09. The monoisotopic (exact) mass is 272 g/mol. The summed E-state index contributed by atoms with van der Waals surface area (Å²) in [4.78, 5) is 10.5. The SMILES string of the molecule is O=Cc1ccc2occ(I)c2c1. The predicted octanol–water partition coefficient (Wildman–Crippen LogP) is 2.85. The summed E-state index contributed by atoms with van der Waals surface area (Å²) >= 11 is 2.18. The Kier molecular flexibility index (Phi) is 1.88. The van der Waals surface area contributed by atoms with Crippen LogP contribution >= 0.6 is 22.6 Å². The summed E-state index contributed by atoms with van der Waals surface area (Å²) in [6.45, 7) is 0. The lowest BCUT2D eigenvalue weighted by molar-refractivity contribution is 0.112. The van der Waals surface area contributed by atoms with Crippen LogP contribution in [0.2, 0.25) is 0 Å². The van der Waals surface area contributed by atoms with E-state index >= 15 is 0 Å². The van der Waals surface area contributed by atoms with E-state index in [1.807, 2.05) is 6.07 Å². The van der Waals surface area contributed by atoms with Crippen molar-refractivity contribution in [3.63, 3.8) is 0 Å². The van der Waals surface area contributed by atoms with Gasteiger partial charge in [0.25, 0.3) is 0 Å². The number of fused-ring (bicyclic) bond motifs is 1. The third kappa shape index (κ3) is 1.14. The molecule has 0 amide bonds. The molecular weight excluding hydrogens is 267 g/mol. The summed E-state index contributed by atoms with van der Waals surface area (Å²) in [7, 11) is 0. The molecule has 12 heavy (non-hydrogen) atoms.